The normalized spacial score (nSPS) is 12.5. The van der Waals surface area contributed by atoms with Gasteiger partial charge in [0, 0.05) is 14.0 Å². The average molecular weight is 187 g/mol. The second-order valence-corrected chi connectivity index (χ2v) is 3.34. The highest BCUT2D eigenvalue weighted by molar-refractivity contribution is 5.83. The number of carbonyl (C=O) groups is 2. The maximum absolute atomic E-state index is 11.3. The number of esters is 1. The van der Waals surface area contributed by atoms with Crippen molar-refractivity contribution in [2.24, 2.45) is 5.92 Å². The molecule has 0 spiro atoms. The van der Waals surface area contributed by atoms with E-state index in [1.807, 2.05) is 13.8 Å². The van der Waals surface area contributed by atoms with E-state index >= 15 is 0 Å². The van der Waals surface area contributed by atoms with Gasteiger partial charge >= 0.3 is 5.97 Å². The summed E-state index contributed by atoms with van der Waals surface area (Å²) in [4.78, 5) is 23.7. The summed E-state index contributed by atoms with van der Waals surface area (Å²) < 4.78 is 4.61. The fourth-order valence-electron chi connectivity index (χ4n) is 1.19. The maximum atomic E-state index is 11.3. The first-order valence-electron chi connectivity index (χ1n) is 4.23. The lowest BCUT2D eigenvalue weighted by molar-refractivity contribution is -0.153. The van der Waals surface area contributed by atoms with Crippen LogP contribution in [0.1, 0.15) is 20.8 Å². The smallest absolute Gasteiger partial charge is 0.328 e. The molecule has 0 aliphatic carbocycles. The van der Waals surface area contributed by atoms with Gasteiger partial charge in [0.2, 0.25) is 5.91 Å². The lowest BCUT2D eigenvalue weighted by Gasteiger charge is -2.27. The van der Waals surface area contributed by atoms with E-state index in [2.05, 4.69) is 4.74 Å². The molecular formula is C9H17NO3. The molecule has 0 saturated carbocycles. The van der Waals surface area contributed by atoms with E-state index in [9.17, 15) is 9.59 Å². The SMILES string of the molecule is COC(=O)C(C(C)C)N(C)C(C)=O. The largest absolute Gasteiger partial charge is 0.467 e. The van der Waals surface area contributed by atoms with Crippen LogP contribution in [0, 0.1) is 5.92 Å². The monoisotopic (exact) mass is 187 g/mol. The molecule has 0 aliphatic rings. The summed E-state index contributed by atoms with van der Waals surface area (Å²) >= 11 is 0. The van der Waals surface area contributed by atoms with Crippen molar-refractivity contribution in [1.82, 2.24) is 4.90 Å². The summed E-state index contributed by atoms with van der Waals surface area (Å²) in [5, 5.41) is 0. The zero-order valence-corrected chi connectivity index (χ0v) is 8.83. The van der Waals surface area contributed by atoms with E-state index in [4.69, 9.17) is 0 Å². The van der Waals surface area contributed by atoms with Crippen LogP contribution in [0.4, 0.5) is 0 Å². The van der Waals surface area contributed by atoms with Gasteiger partial charge in [-0.25, -0.2) is 4.79 Å². The molecule has 0 fully saturated rings. The summed E-state index contributed by atoms with van der Waals surface area (Å²) in [6.45, 7) is 5.18. The van der Waals surface area contributed by atoms with Crippen molar-refractivity contribution in [1.29, 1.82) is 0 Å². The minimum atomic E-state index is -0.484. The quantitative estimate of drug-likeness (QED) is 0.610. The van der Waals surface area contributed by atoms with Gasteiger partial charge in [-0.1, -0.05) is 13.8 Å². The van der Waals surface area contributed by atoms with Crippen LogP contribution < -0.4 is 0 Å². The predicted molar refractivity (Wildman–Crippen MR) is 49.1 cm³/mol. The van der Waals surface area contributed by atoms with Gasteiger partial charge in [0.15, 0.2) is 0 Å². The van der Waals surface area contributed by atoms with Crippen LogP contribution in [0.2, 0.25) is 0 Å². The van der Waals surface area contributed by atoms with E-state index in [0.717, 1.165) is 0 Å². The molecule has 1 amide bonds. The van der Waals surface area contributed by atoms with Crippen molar-refractivity contribution in [3.63, 3.8) is 0 Å². The highest BCUT2D eigenvalue weighted by Gasteiger charge is 2.28. The minimum absolute atomic E-state index is 0.0568. The number of hydrogen-bond donors (Lipinski definition) is 0. The lowest BCUT2D eigenvalue weighted by Crippen LogP contribution is -2.45. The molecule has 0 bridgehead atoms. The maximum Gasteiger partial charge on any atom is 0.328 e. The second-order valence-electron chi connectivity index (χ2n) is 3.34. The lowest BCUT2D eigenvalue weighted by atomic mass is 10.0. The second kappa shape index (κ2) is 4.84. The van der Waals surface area contributed by atoms with E-state index in [0.29, 0.717) is 0 Å². The molecule has 1 unspecified atom stereocenters. The molecular weight excluding hydrogens is 170 g/mol. The van der Waals surface area contributed by atoms with Crippen molar-refractivity contribution < 1.29 is 14.3 Å². The summed E-state index contributed by atoms with van der Waals surface area (Å²) in [5.41, 5.74) is 0. The standard InChI is InChI=1S/C9H17NO3/c1-6(2)8(9(12)13-5)10(4)7(3)11/h6,8H,1-5H3. The van der Waals surface area contributed by atoms with Crippen molar-refractivity contribution in [3.8, 4) is 0 Å². The van der Waals surface area contributed by atoms with Crippen LogP contribution in [0.5, 0.6) is 0 Å². The molecule has 0 saturated heterocycles. The van der Waals surface area contributed by atoms with Gasteiger partial charge in [-0.15, -0.1) is 0 Å². The highest BCUT2D eigenvalue weighted by Crippen LogP contribution is 2.10. The molecule has 1 atom stereocenters. The Morgan fingerprint density at radius 3 is 2.00 bits per heavy atom. The topological polar surface area (TPSA) is 46.6 Å². The van der Waals surface area contributed by atoms with E-state index in [-0.39, 0.29) is 17.8 Å². The zero-order chi connectivity index (χ0) is 10.6. The molecule has 0 rings (SSSR count). The Kier molecular flexibility index (Phi) is 4.45. The van der Waals surface area contributed by atoms with Crippen LogP contribution >= 0.6 is 0 Å². The van der Waals surface area contributed by atoms with E-state index < -0.39 is 6.04 Å². The number of ether oxygens (including phenoxy) is 1. The van der Waals surface area contributed by atoms with Crippen molar-refractivity contribution in [2.45, 2.75) is 26.8 Å². The van der Waals surface area contributed by atoms with Gasteiger partial charge in [-0.05, 0) is 5.92 Å². The highest BCUT2D eigenvalue weighted by atomic mass is 16.5. The summed E-state index contributed by atoms with van der Waals surface area (Å²) in [5.74, 6) is -0.446. The molecule has 0 heterocycles. The minimum Gasteiger partial charge on any atom is -0.467 e. The Balaban J connectivity index is 4.60. The van der Waals surface area contributed by atoms with Gasteiger partial charge in [0.1, 0.15) is 6.04 Å². The molecule has 13 heavy (non-hydrogen) atoms. The molecule has 4 heteroatoms. The molecule has 0 aliphatic heterocycles. The number of nitrogens with zero attached hydrogens (tertiary/aromatic N) is 1. The third-order valence-electron chi connectivity index (χ3n) is 1.99. The van der Waals surface area contributed by atoms with Crippen molar-refractivity contribution in [2.75, 3.05) is 14.2 Å². The third-order valence-corrected chi connectivity index (χ3v) is 1.99. The summed E-state index contributed by atoms with van der Waals surface area (Å²) in [6, 6.07) is -0.484. The molecule has 0 aromatic heterocycles. The van der Waals surface area contributed by atoms with Crippen molar-refractivity contribution >= 4 is 11.9 Å². The number of hydrogen-bond acceptors (Lipinski definition) is 3. The Morgan fingerprint density at radius 2 is 1.77 bits per heavy atom. The molecule has 4 nitrogen and oxygen atoms in total. The van der Waals surface area contributed by atoms with E-state index in [1.54, 1.807) is 7.05 Å². The summed E-state index contributed by atoms with van der Waals surface area (Å²) in [7, 11) is 2.93. The fourth-order valence-corrected chi connectivity index (χ4v) is 1.19. The number of rotatable bonds is 3. The van der Waals surface area contributed by atoms with Crippen LogP contribution in [0.3, 0.4) is 0 Å². The zero-order valence-electron chi connectivity index (χ0n) is 8.83. The van der Waals surface area contributed by atoms with Gasteiger partial charge in [0.25, 0.3) is 0 Å². The first kappa shape index (κ1) is 11.9. The molecule has 76 valence electrons. The van der Waals surface area contributed by atoms with E-state index in [1.165, 1.54) is 18.9 Å². The predicted octanol–water partition coefficient (Wildman–Crippen LogP) is 0.662. The molecule has 0 N–H and O–H groups in total. The number of amides is 1. The van der Waals surface area contributed by atoms with Crippen LogP contribution in [-0.2, 0) is 14.3 Å². The van der Waals surface area contributed by atoms with Crippen LogP contribution in [-0.4, -0.2) is 37.0 Å². The summed E-state index contributed by atoms with van der Waals surface area (Å²) in [6.07, 6.45) is 0. The van der Waals surface area contributed by atoms with Crippen molar-refractivity contribution in [3.05, 3.63) is 0 Å². The Morgan fingerprint density at radius 1 is 1.31 bits per heavy atom. The Labute approximate surface area is 78.9 Å². The van der Waals surface area contributed by atoms with Gasteiger partial charge in [0.05, 0.1) is 7.11 Å². The number of methoxy groups -OCH3 is 1. The first-order chi connectivity index (χ1) is 5.91. The third kappa shape index (κ3) is 3.05. The molecule has 0 aromatic rings. The first-order valence-corrected chi connectivity index (χ1v) is 4.23. The average Bonchev–Trinajstić information content (AvgIpc) is 2.03. The van der Waals surface area contributed by atoms with Gasteiger partial charge in [-0.3, -0.25) is 4.79 Å². The van der Waals surface area contributed by atoms with Gasteiger partial charge < -0.3 is 9.64 Å². The molecule has 0 radical (unpaired) electrons. The number of likely N-dealkylation sites (N-methyl/N-ethyl adjacent to an activating group) is 1. The Bertz CT molecular complexity index is 201. The Hall–Kier alpha value is -1.06. The molecule has 0 aromatic carbocycles. The fraction of sp³-hybridized carbons (Fsp3) is 0.778. The van der Waals surface area contributed by atoms with Crippen LogP contribution in [0.15, 0.2) is 0 Å². The van der Waals surface area contributed by atoms with Crippen LogP contribution in [0.25, 0.3) is 0 Å². The van der Waals surface area contributed by atoms with Gasteiger partial charge in [-0.2, -0.15) is 0 Å². The number of carbonyl (C=O) groups excluding carboxylic acids is 2.